The molecule has 0 aliphatic heterocycles. The van der Waals surface area contributed by atoms with Crippen LogP contribution in [0.2, 0.25) is 0 Å². The van der Waals surface area contributed by atoms with Gasteiger partial charge in [-0.05, 0) is 23.3 Å². The number of para-hydroxylation sites is 1. The van der Waals surface area contributed by atoms with E-state index in [-0.39, 0.29) is 12.5 Å². The Morgan fingerprint density at radius 1 is 0.895 bits per heavy atom. The number of benzene rings is 2. The van der Waals surface area contributed by atoms with E-state index in [1.165, 1.54) is 0 Å². The molecule has 1 N–H and O–H groups in total. The van der Waals surface area contributed by atoms with Gasteiger partial charge in [0.15, 0.2) is 0 Å². The molecule has 19 heavy (non-hydrogen) atoms. The van der Waals surface area contributed by atoms with Gasteiger partial charge in [-0.2, -0.15) is 0 Å². The molecule has 0 fully saturated rings. The molecule has 0 radical (unpaired) electrons. The van der Waals surface area contributed by atoms with Crippen LogP contribution < -0.4 is 0 Å². The smallest absolute Gasteiger partial charge is 0.0702 e. The van der Waals surface area contributed by atoms with Gasteiger partial charge in [0.25, 0.3) is 0 Å². The lowest BCUT2D eigenvalue weighted by Gasteiger charge is -2.15. The largest absolute Gasteiger partial charge is 0.395 e. The number of rotatable bonds is 3. The summed E-state index contributed by atoms with van der Waals surface area (Å²) in [6, 6.07) is 20.2. The number of aromatic nitrogens is 1. The molecule has 3 aromatic rings. The van der Waals surface area contributed by atoms with Crippen molar-refractivity contribution in [2.24, 2.45) is 0 Å². The maximum absolute atomic E-state index is 9.68. The number of fused-ring (bicyclic) bond motifs is 1. The zero-order valence-electron chi connectivity index (χ0n) is 10.5. The molecule has 0 aliphatic carbocycles. The summed E-state index contributed by atoms with van der Waals surface area (Å²) in [5, 5.41) is 10.8. The Labute approximate surface area is 112 Å². The minimum absolute atomic E-state index is 0.0155. The molecule has 3 rings (SSSR count). The monoisotopic (exact) mass is 249 g/mol. The standard InChI is InChI=1S/C17H15NO/c19-12-16(13-6-2-1-3-7-13)15-10-14-8-4-5-9-17(14)18-11-15/h1-11,16,19H,12H2. The summed E-state index contributed by atoms with van der Waals surface area (Å²) in [4.78, 5) is 4.46. The molecule has 0 aliphatic rings. The van der Waals surface area contributed by atoms with Crippen molar-refractivity contribution in [2.45, 2.75) is 5.92 Å². The van der Waals surface area contributed by atoms with Gasteiger partial charge in [-0.15, -0.1) is 0 Å². The number of hydrogen-bond acceptors (Lipinski definition) is 2. The van der Waals surface area contributed by atoms with E-state index in [2.05, 4.69) is 11.1 Å². The Balaban J connectivity index is 2.06. The highest BCUT2D eigenvalue weighted by Gasteiger charge is 2.13. The first-order valence-corrected chi connectivity index (χ1v) is 6.39. The minimum Gasteiger partial charge on any atom is -0.395 e. The highest BCUT2D eigenvalue weighted by Crippen LogP contribution is 2.25. The van der Waals surface area contributed by atoms with Crippen molar-refractivity contribution in [1.29, 1.82) is 0 Å². The van der Waals surface area contributed by atoms with E-state index in [1.54, 1.807) is 0 Å². The maximum atomic E-state index is 9.68. The molecule has 0 spiro atoms. The third-order valence-electron chi connectivity index (χ3n) is 3.40. The van der Waals surface area contributed by atoms with Crippen molar-refractivity contribution in [1.82, 2.24) is 4.98 Å². The Hall–Kier alpha value is -2.19. The number of hydrogen-bond donors (Lipinski definition) is 1. The fraction of sp³-hybridized carbons (Fsp3) is 0.118. The maximum Gasteiger partial charge on any atom is 0.0702 e. The van der Waals surface area contributed by atoms with E-state index in [0.29, 0.717) is 0 Å². The van der Waals surface area contributed by atoms with Crippen LogP contribution in [-0.4, -0.2) is 16.7 Å². The van der Waals surface area contributed by atoms with Gasteiger partial charge in [-0.1, -0.05) is 48.5 Å². The molecule has 1 heterocycles. The third-order valence-corrected chi connectivity index (χ3v) is 3.40. The molecule has 0 saturated heterocycles. The third kappa shape index (κ3) is 2.35. The molecular weight excluding hydrogens is 234 g/mol. The lowest BCUT2D eigenvalue weighted by atomic mass is 9.92. The fourth-order valence-electron chi connectivity index (χ4n) is 2.37. The topological polar surface area (TPSA) is 33.1 Å². The van der Waals surface area contributed by atoms with Gasteiger partial charge in [0, 0.05) is 17.5 Å². The molecule has 0 bridgehead atoms. The molecule has 2 heteroatoms. The molecule has 1 atom stereocenters. The summed E-state index contributed by atoms with van der Waals surface area (Å²) in [7, 11) is 0. The number of pyridine rings is 1. The first-order valence-electron chi connectivity index (χ1n) is 6.39. The molecule has 2 nitrogen and oxygen atoms in total. The van der Waals surface area contributed by atoms with E-state index < -0.39 is 0 Å². The zero-order chi connectivity index (χ0) is 13.1. The van der Waals surface area contributed by atoms with E-state index >= 15 is 0 Å². The van der Waals surface area contributed by atoms with Crippen LogP contribution in [0.5, 0.6) is 0 Å². The van der Waals surface area contributed by atoms with Crippen molar-refractivity contribution in [3.63, 3.8) is 0 Å². The Morgan fingerprint density at radius 2 is 1.63 bits per heavy atom. The number of aliphatic hydroxyl groups excluding tert-OH is 1. The molecule has 0 amide bonds. The molecule has 1 aromatic heterocycles. The van der Waals surface area contributed by atoms with Crippen LogP contribution in [-0.2, 0) is 0 Å². The Bertz CT molecular complexity index is 679. The Kier molecular flexibility index (Phi) is 3.25. The second-order valence-corrected chi connectivity index (χ2v) is 4.61. The number of aliphatic hydroxyl groups is 1. The van der Waals surface area contributed by atoms with Crippen molar-refractivity contribution < 1.29 is 5.11 Å². The van der Waals surface area contributed by atoms with E-state index in [1.807, 2.05) is 60.8 Å². The van der Waals surface area contributed by atoms with Crippen molar-refractivity contribution in [3.05, 3.63) is 78.0 Å². The Morgan fingerprint density at radius 3 is 2.42 bits per heavy atom. The molecule has 2 aromatic carbocycles. The average Bonchev–Trinajstić information content (AvgIpc) is 2.49. The molecule has 94 valence electrons. The lowest BCUT2D eigenvalue weighted by Crippen LogP contribution is -2.06. The second-order valence-electron chi connectivity index (χ2n) is 4.61. The van der Waals surface area contributed by atoms with Crippen molar-refractivity contribution in [3.8, 4) is 0 Å². The first kappa shape index (κ1) is 11.9. The summed E-state index contributed by atoms with van der Waals surface area (Å²) in [6.07, 6.45) is 1.86. The van der Waals surface area contributed by atoms with Crippen LogP contribution in [0.4, 0.5) is 0 Å². The predicted molar refractivity (Wildman–Crippen MR) is 77.1 cm³/mol. The summed E-state index contributed by atoms with van der Waals surface area (Å²) < 4.78 is 0. The zero-order valence-corrected chi connectivity index (χ0v) is 10.5. The van der Waals surface area contributed by atoms with Gasteiger partial charge >= 0.3 is 0 Å². The average molecular weight is 249 g/mol. The van der Waals surface area contributed by atoms with Gasteiger partial charge in [0.2, 0.25) is 0 Å². The highest BCUT2D eigenvalue weighted by molar-refractivity contribution is 5.79. The van der Waals surface area contributed by atoms with E-state index in [0.717, 1.165) is 22.0 Å². The normalized spacial score (nSPS) is 12.5. The van der Waals surface area contributed by atoms with Crippen LogP contribution in [0.3, 0.4) is 0 Å². The summed E-state index contributed by atoms with van der Waals surface area (Å²) >= 11 is 0. The highest BCUT2D eigenvalue weighted by atomic mass is 16.3. The van der Waals surface area contributed by atoms with Gasteiger partial charge in [-0.25, -0.2) is 0 Å². The van der Waals surface area contributed by atoms with E-state index in [9.17, 15) is 5.11 Å². The van der Waals surface area contributed by atoms with Gasteiger partial charge in [0.05, 0.1) is 12.1 Å². The molecule has 0 saturated carbocycles. The SMILES string of the molecule is OCC(c1ccccc1)c1cnc2ccccc2c1. The van der Waals surface area contributed by atoms with E-state index in [4.69, 9.17) is 0 Å². The fourth-order valence-corrected chi connectivity index (χ4v) is 2.37. The minimum atomic E-state index is -0.0155. The summed E-state index contributed by atoms with van der Waals surface area (Å²) in [6.45, 7) is 0.0873. The lowest BCUT2D eigenvalue weighted by molar-refractivity contribution is 0.280. The first-order chi connectivity index (χ1) is 9.38. The number of nitrogens with zero attached hydrogens (tertiary/aromatic N) is 1. The predicted octanol–water partition coefficient (Wildman–Crippen LogP) is 3.36. The van der Waals surface area contributed by atoms with Gasteiger partial charge in [-0.3, -0.25) is 4.98 Å². The van der Waals surface area contributed by atoms with Gasteiger partial charge < -0.3 is 5.11 Å². The molecule has 1 unspecified atom stereocenters. The van der Waals surface area contributed by atoms with Gasteiger partial charge in [0.1, 0.15) is 0 Å². The second kappa shape index (κ2) is 5.21. The van der Waals surface area contributed by atoms with Crippen LogP contribution in [0, 0.1) is 0 Å². The van der Waals surface area contributed by atoms with Crippen LogP contribution >= 0.6 is 0 Å². The van der Waals surface area contributed by atoms with Crippen molar-refractivity contribution >= 4 is 10.9 Å². The summed E-state index contributed by atoms with van der Waals surface area (Å²) in [5.74, 6) is -0.0155. The van der Waals surface area contributed by atoms with Crippen LogP contribution in [0.25, 0.3) is 10.9 Å². The quantitative estimate of drug-likeness (QED) is 0.772. The van der Waals surface area contributed by atoms with Crippen LogP contribution in [0.1, 0.15) is 17.0 Å². The summed E-state index contributed by atoms with van der Waals surface area (Å²) in [5.41, 5.74) is 3.14. The molecular formula is C17H15NO. The van der Waals surface area contributed by atoms with Crippen LogP contribution in [0.15, 0.2) is 66.9 Å². The van der Waals surface area contributed by atoms with Crippen molar-refractivity contribution in [2.75, 3.05) is 6.61 Å².